The molecule has 1 aliphatic rings. The van der Waals surface area contributed by atoms with Crippen LogP contribution in [-0.4, -0.2) is 23.1 Å². The molecule has 0 bridgehead atoms. The summed E-state index contributed by atoms with van der Waals surface area (Å²) in [5, 5.41) is 1.92. The third-order valence-electron chi connectivity index (χ3n) is 4.31. The van der Waals surface area contributed by atoms with Crippen LogP contribution >= 0.6 is 11.3 Å². The van der Waals surface area contributed by atoms with Crippen molar-refractivity contribution in [2.24, 2.45) is 0 Å². The highest BCUT2D eigenvalue weighted by Gasteiger charge is 2.17. The van der Waals surface area contributed by atoms with Gasteiger partial charge in [0.2, 0.25) is 0 Å². The number of fused-ring (bicyclic) bond motifs is 1. The summed E-state index contributed by atoms with van der Waals surface area (Å²) in [7, 11) is 0. The maximum absolute atomic E-state index is 12.0. The number of aromatic amines is 1. The molecule has 2 aromatic heterocycles. The first-order valence-electron chi connectivity index (χ1n) is 7.84. The summed E-state index contributed by atoms with van der Waals surface area (Å²) in [5.41, 5.74) is 3.53. The number of rotatable bonds is 3. The number of hydrogen-bond donors (Lipinski definition) is 2. The maximum atomic E-state index is 12.0. The van der Waals surface area contributed by atoms with E-state index in [4.69, 9.17) is 0 Å². The van der Waals surface area contributed by atoms with Crippen molar-refractivity contribution < 1.29 is 4.90 Å². The minimum atomic E-state index is -0.0167. The summed E-state index contributed by atoms with van der Waals surface area (Å²) in [4.78, 5) is 21.0. The highest BCUT2D eigenvalue weighted by molar-refractivity contribution is 7.17. The van der Waals surface area contributed by atoms with Crippen molar-refractivity contribution in [1.82, 2.24) is 9.97 Å². The molecular formula is C18H18N3OS+. The van der Waals surface area contributed by atoms with Crippen LogP contribution in [0.15, 0.2) is 52.6 Å². The molecule has 1 aliphatic heterocycles. The van der Waals surface area contributed by atoms with Crippen LogP contribution in [0.4, 0.5) is 0 Å². The molecule has 0 spiro atoms. The van der Waals surface area contributed by atoms with Gasteiger partial charge in [0.25, 0.3) is 5.56 Å². The van der Waals surface area contributed by atoms with E-state index < -0.39 is 0 Å². The first kappa shape index (κ1) is 14.4. The van der Waals surface area contributed by atoms with Crippen molar-refractivity contribution in [3.05, 3.63) is 69.6 Å². The molecule has 116 valence electrons. The van der Waals surface area contributed by atoms with Gasteiger partial charge in [-0.05, 0) is 28.7 Å². The average Bonchev–Trinajstić information content (AvgIpc) is 3.05. The Morgan fingerprint density at radius 2 is 2.09 bits per heavy atom. The van der Waals surface area contributed by atoms with Gasteiger partial charge >= 0.3 is 0 Å². The first-order chi connectivity index (χ1) is 11.3. The maximum Gasteiger partial charge on any atom is 0.269 e. The van der Waals surface area contributed by atoms with Crippen molar-refractivity contribution in [2.45, 2.75) is 13.0 Å². The van der Waals surface area contributed by atoms with Gasteiger partial charge in [-0.15, -0.1) is 11.3 Å². The van der Waals surface area contributed by atoms with Crippen LogP contribution in [0.5, 0.6) is 0 Å². The SMILES string of the molecule is O=c1[nH]c(C[NH+]2CC=C(c3ccccc3)CC2)nc2ccsc12. The molecule has 5 heteroatoms. The van der Waals surface area contributed by atoms with E-state index in [-0.39, 0.29) is 5.56 Å². The Kier molecular flexibility index (Phi) is 3.81. The zero-order valence-corrected chi connectivity index (χ0v) is 13.5. The number of H-pyrrole nitrogens is 1. The highest BCUT2D eigenvalue weighted by atomic mass is 32.1. The Hall–Kier alpha value is -2.24. The van der Waals surface area contributed by atoms with E-state index in [1.54, 1.807) is 0 Å². The predicted molar refractivity (Wildman–Crippen MR) is 93.7 cm³/mol. The molecule has 0 fully saturated rings. The summed E-state index contributed by atoms with van der Waals surface area (Å²) in [6.07, 6.45) is 3.37. The molecule has 3 heterocycles. The lowest BCUT2D eigenvalue weighted by Crippen LogP contribution is -3.11. The fraction of sp³-hybridized carbons (Fsp3) is 0.222. The van der Waals surface area contributed by atoms with E-state index in [2.05, 4.69) is 40.3 Å². The number of aromatic nitrogens is 2. The van der Waals surface area contributed by atoms with E-state index >= 15 is 0 Å². The van der Waals surface area contributed by atoms with Crippen molar-refractivity contribution in [1.29, 1.82) is 0 Å². The van der Waals surface area contributed by atoms with Gasteiger partial charge in [0.15, 0.2) is 5.82 Å². The molecule has 23 heavy (non-hydrogen) atoms. The van der Waals surface area contributed by atoms with Gasteiger partial charge in [-0.3, -0.25) is 4.79 Å². The minimum absolute atomic E-state index is 0.0167. The van der Waals surface area contributed by atoms with Gasteiger partial charge in [0.1, 0.15) is 11.2 Å². The van der Waals surface area contributed by atoms with E-state index in [1.807, 2.05) is 17.5 Å². The number of thiophene rings is 1. The fourth-order valence-electron chi connectivity index (χ4n) is 3.10. The number of nitrogens with one attached hydrogen (secondary N) is 2. The lowest BCUT2D eigenvalue weighted by atomic mass is 10.00. The van der Waals surface area contributed by atoms with Gasteiger partial charge in [-0.1, -0.05) is 30.3 Å². The molecular weight excluding hydrogens is 306 g/mol. The molecule has 1 aromatic carbocycles. The Morgan fingerprint density at radius 3 is 2.87 bits per heavy atom. The van der Waals surface area contributed by atoms with E-state index in [0.717, 1.165) is 37.4 Å². The Labute approximate surface area is 138 Å². The standard InChI is InChI=1S/C18H17N3OS/c22-18-17-15(8-11-23-17)19-16(20-18)12-21-9-6-14(7-10-21)13-4-2-1-3-5-13/h1-6,8,11H,7,9-10,12H2,(H,19,20,22)/p+1. The van der Waals surface area contributed by atoms with Crippen LogP contribution in [0.1, 0.15) is 17.8 Å². The molecule has 0 amide bonds. The second kappa shape index (κ2) is 6.10. The smallest absolute Gasteiger partial charge is 0.269 e. The minimum Gasteiger partial charge on any atom is -0.325 e. The van der Waals surface area contributed by atoms with Crippen molar-refractivity contribution >= 4 is 27.1 Å². The molecule has 0 radical (unpaired) electrons. The van der Waals surface area contributed by atoms with Gasteiger partial charge in [0.05, 0.1) is 18.6 Å². The van der Waals surface area contributed by atoms with Crippen LogP contribution in [0.25, 0.3) is 15.8 Å². The van der Waals surface area contributed by atoms with Crippen LogP contribution in [0.3, 0.4) is 0 Å². The molecule has 4 rings (SSSR count). The Bertz CT molecular complexity index is 911. The number of hydrogen-bond acceptors (Lipinski definition) is 3. The summed E-state index contributed by atoms with van der Waals surface area (Å²) >= 11 is 1.44. The summed E-state index contributed by atoms with van der Waals surface area (Å²) in [6.45, 7) is 2.79. The molecule has 3 aromatic rings. The van der Waals surface area contributed by atoms with E-state index in [0.29, 0.717) is 4.70 Å². The number of quaternary nitrogens is 1. The normalized spacial score (nSPS) is 18.1. The highest BCUT2D eigenvalue weighted by Crippen LogP contribution is 2.18. The van der Waals surface area contributed by atoms with Gasteiger partial charge < -0.3 is 9.88 Å². The zero-order chi connectivity index (χ0) is 15.6. The quantitative estimate of drug-likeness (QED) is 0.773. The fourth-order valence-corrected chi connectivity index (χ4v) is 3.83. The predicted octanol–water partition coefficient (Wildman–Crippen LogP) is 1.86. The lowest BCUT2D eigenvalue weighted by Gasteiger charge is -2.23. The van der Waals surface area contributed by atoms with Gasteiger partial charge in [-0.25, -0.2) is 4.98 Å². The van der Waals surface area contributed by atoms with Gasteiger partial charge in [0, 0.05) is 6.42 Å². The summed E-state index contributed by atoms with van der Waals surface area (Å²) in [6, 6.07) is 12.5. The molecule has 1 atom stereocenters. The molecule has 1 unspecified atom stereocenters. The van der Waals surface area contributed by atoms with Crippen LogP contribution in [-0.2, 0) is 6.54 Å². The molecule has 0 saturated carbocycles. The van der Waals surface area contributed by atoms with Crippen molar-refractivity contribution in [3.8, 4) is 0 Å². The number of nitrogens with zero attached hydrogens (tertiary/aromatic N) is 1. The average molecular weight is 324 g/mol. The Balaban J connectivity index is 1.50. The van der Waals surface area contributed by atoms with Crippen molar-refractivity contribution in [3.63, 3.8) is 0 Å². The third kappa shape index (κ3) is 2.98. The van der Waals surface area contributed by atoms with E-state index in [9.17, 15) is 4.79 Å². The lowest BCUT2D eigenvalue weighted by molar-refractivity contribution is -0.909. The Morgan fingerprint density at radius 1 is 1.22 bits per heavy atom. The summed E-state index contributed by atoms with van der Waals surface area (Å²) < 4.78 is 0.716. The molecule has 4 nitrogen and oxygen atoms in total. The van der Waals surface area contributed by atoms with Crippen LogP contribution < -0.4 is 10.5 Å². The first-order valence-corrected chi connectivity index (χ1v) is 8.72. The largest absolute Gasteiger partial charge is 0.325 e. The monoisotopic (exact) mass is 324 g/mol. The van der Waals surface area contributed by atoms with Crippen LogP contribution in [0, 0.1) is 0 Å². The second-order valence-electron chi connectivity index (χ2n) is 5.87. The second-order valence-corrected chi connectivity index (χ2v) is 6.79. The van der Waals surface area contributed by atoms with Crippen molar-refractivity contribution in [2.75, 3.05) is 13.1 Å². The molecule has 0 aliphatic carbocycles. The van der Waals surface area contributed by atoms with Crippen LogP contribution in [0.2, 0.25) is 0 Å². The molecule has 0 saturated heterocycles. The zero-order valence-electron chi connectivity index (χ0n) is 12.7. The summed E-state index contributed by atoms with van der Waals surface area (Å²) in [5.74, 6) is 0.785. The van der Waals surface area contributed by atoms with E-state index in [1.165, 1.54) is 27.4 Å². The molecule has 2 N–H and O–H groups in total. The third-order valence-corrected chi connectivity index (χ3v) is 5.21. The van der Waals surface area contributed by atoms with Gasteiger partial charge in [-0.2, -0.15) is 0 Å². The topological polar surface area (TPSA) is 50.2 Å². The number of benzene rings is 1.